The van der Waals surface area contributed by atoms with Crippen LogP contribution in [0.1, 0.15) is 32.6 Å². The van der Waals surface area contributed by atoms with Gasteiger partial charge >= 0.3 is 0 Å². The Hall–Kier alpha value is -0.0800. The smallest absolute Gasteiger partial charge is 0.136 e. The van der Waals surface area contributed by atoms with Crippen LogP contribution in [0.5, 0.6) is 0 Å². The summed E-state index contributed by atoms with van der Waals surface area (Å²) in [5, 5.41) is 2.56. The summed E-state index contributed by atoms with van der Waals surface area (Å²) in [6.07, 6.45) is 5.84. The van der Waals surface area contributed by atoms with Gasteiger partial charge in [-0.2, -0.15) is 0 Å². The average molecular weight is 184 g/mol. The highest BCUT2D eigenvalue weighted by atomic mass is 15.2. The van der Waals surface area contributed by atoms with Gasteiger partial charge < -0.3 is 10.2 Å². The van der Waals surface area contributed by atoms with Gasteiger partial charge in [0.25, 0.3) is 0 Å². The van der Waals surface area contributed by atoms with E-state index in [-0.39, 0.29) is 0 Å². The molecular formula is C11H24N2+2. The molecule has 13 heavy (non-hydrogen) atoms. The molecule has 2 heterocycles. The first-order chi connectivity index (χ1) is 6.34. The summed E-state index contributed by atoms with van der Waals surface area (Å²) in [7, 11) is 0. The Morgan fingerprint density at radius 2 is 2.00 bits per heavy atom. The lowest BCUT2D eigenvalue weighted by atomic mass is 9.99. The van der Waals surface area contributed by atoms with Crippen molar-refractivity contribution in [2.45, 2.75) is 38.6 Å². The monoisotopic (exact) mass is 184 g/mol. The zero-order valence-corrected chi connectivity index (χ0v) is 8.89. The molecule has 0 aliphatic carbocycles. The van der Waals surface area contributed by atoms with Crippen LogP contribution in [-0.4, -0.2) is 32.2 Å². The van der Waals surface area contributed by atoms with Crippen LogP contribution >= 0.6 is 0 Å². The minimum atomic E-state index is 0.961. The van der Waals surface area contributed by atoms with E-state index in [0.29, 0.717) is 0 Å². The van der Waals surface area contributed by atoms with E-state index in [0.717, 1.165) is 12.0 Å². The molecule has 2 rings (SSSR count). The van der Waals surface area contributed by atoms with Gasteiger partial charge in [-0.15, -0.1) is 0 Å². The van der Waals surface area contributed by atoms with Gasteiger partial charge in [0.2, 0.25) is 0 Å². The number of nitrogens with two attached hydrogens (primary N) is 1. The van der Waals surface area contributed by atoms with Crippen molar-refractivity contribution in [3.8, 4) is 0 Å². The molecule has 0 aromatic rings. The molecular weight excluding hydrogens is 160 g/mol. The summed E-state index contributed by atoms with van der Waals surface area (Å²) in [6.45, 7) is 8.09. The average Bonchev–Trinajstić information content (AvgIpc) is 2.62. The predicted octanol–water partition coefficient (Wildman–Crippen LogP) is -0.973. The van der Waals surface area contributed by atoms with E-state index in [9.17, 15) is 0 Å². The Labute approximate surface area is 81.7 Å². The normalized spacial score (nSPS) is 40.8. The maximum absolute atomic E-state index is 2.56. The van der Waals surface area contributed by atoms with E-state index in [1.807, 2.05) is 4.90 Å². The van der Waals surface area contributed by atoms with Gasteiger partial charge in [-0.25, -0.2) is 0 Å². The van der Waals surface area contributed by atoms with Crippen LogP contribution in [0.4, 0.5) is 0 Å². The third kappa shape index (κ3) is 2.68. The number of likely N-dealkylation sites (tertiary alicyclic amines) is 1. The molecule has 0 aromatic heterocycles. The summed E-state index contributed by atoms with van der Waals surface area (Å²) in [4.78, 5) is 1.88. The molecule has 2 nitrogen and oxygen atoms in total. The fourth-order valence-electron chi connectivity index (χ4n) is 2.78. The third-order valence-corrected chi connectivity index (χ3v) is 3.81. The standard InChI is InChI=1S/C11H22N2/c1-10-4-7-13(8-5-10)9-11-3-2-6-12-11/h10-12H,2-9H2,1H3/p+2/t11-/m1/s1. The van der Waals surface area contributed by atoms with E-state index >= 15 is 0 Å². The van der Waals surface area contributed by atoms with Crippen LogP contribution in [0.3, 0.4) is 0 Å². The predicted molar refractivity (Wildman–Crippen MR) is 53.8 cm³/mol. The first-order valence-electron chi connectivity index (χ1n) is 6.01. The van der Waals surface area contributed by atoms with E-state index in [1.165, 1.54) is 51.9 Å². The molecule has 2 saturated heterocycles. The lowest BCUT2D eigenvalue weighted by molar-refractivity contribution is -0.922. The number of rotatable bonds is 2. The molecule has 0 amide bonds. The SMILES string of the molecule is CC1CC[NH+](C[C@H]2CCC[NH2+]2)CC1. The van der Waals surface area contributed by atoms with Gasteiger partial charge in [0.05, 0.1) is 19.6 Å². The summed E-state index contributed by atoms with van der Waals surface area (Å²) in [6, 6.07) is 0.961. The first-order valence-corrected chi connectivity index (χ1v) is 6.01. The van der Waals surface area contributed by atoms with Crippen molar-refractivity contribution in [2.75, 3.05) is 26.2 Å². The minimum Gasteiger partial charge on any atom is -0.339 e. The Kier molecular flexibility index (Phi) is 3.23. The second-order valence-corrected chi connectivity index (χ2v) is 5.06. The van der Waals surface area contributed by atoms with Crippen LogP contribution in [-0.2, 0) is 0 Å². The van der Waals surface area contributed by atoms with E-state index in [1.54, 1.807) is 0 Å². The first kappa shape index (κ1) is 9.47. The Balaban J connectivity index is 1.69. The molecule has 1 atom stereocenters. The Bertz CT molecular complexity index is 144. The number of hydrogen-bond acceptors (Lipinski definition) is 0. The number of nitrogens with one attached hydrogen (secondary N) is 1. The van der Waals surface area contributed by atoms with Crippen molar-refractivity contribution in [1.29, 1.82) is 0 Å². The third-order valence-electron chi connectivity index (χ3n) is 3.81. The lowest BCUT2D eigenvalue weighted by Crippen LogP contribution is -3.16. The fraction of sp³-hybridized carbons (Fsp3) is 1.00. The van der Waals surface area contributed by atoms with Crippen LogP contribution in [0, 0.1) is 5.92 Å². The second kappa shape index (κ2) is 4.43. The maximum Gasteiger partial charge on any atom is 0.136 e. The van der Waals surface area contributed by atoms with Crippen LogP contribution in [0.15, 0.2) is 0 Å². The molecule has 0 bridgehead atoms. The fourth-order valence-corrected chi connectivity index (χ4v) is 2.78. The van der Waals surface area contributed by atoms with E-state index in [2.05, 4.69) is 12.2 Å². The molecule has 3 N–H and O–H groups in total. The number of piperidine rings is 1. The zero-order chi connectivity index (χ0) is 9.10. The molecule has 0 radical (unpaired) electrons. The quantitative estimate of drug-likeness (QED) is 0.551. The largest absolute Gasteiger partial charge is 0.339 e. The molecule has 2 aliphatic heterocycles. The van der Waals surface area contributed by atoms with Gasteiger partial charge in [-0.3, -0.25) is 0 Å². The van der Waals surface area contributed by atoms with Crippen LogP contribution in [0.25, 0.3) is 0 Å². The minimum absolute atomic E-state index is 0.961. The summed E-state index contributed by atoms with van der Waals surface area (Å²) < 4.78 is 0. The van der Waals surface area contributed by atoms with E-state index < -0.39 is 0 Å². The Morgan fingerprint density at radius 3 is 2.62 bits per heavy atom. The lowest BCUT2D eigenvalue weighted by Gasteiger charge is -2.28. The topological polar surface area (TPSA) is 21.1 Å². The highest BCUT2D eigenvalue weighted by Crippen LogP contribution is 2.06. The molecule has 2 fully saturated rings. The van der Waals surface area contributed by atoms with Gasteiger partial charge in [0.15, 0.2) is 0 Å². The summed E-state index contributed by atoms with van der Waals surface area (Å²) in [5.41, 5.74) is 0. The van der Waals surface area contributed by atoms with Crippen molar-refractivity contribution in [2.24, 2.45) is 5.92 Å². The molecule has 76 valence electrons. The van der Waals surface area contributed by atoms with Gasteiger partial charge in [0, 0.05) is 12.8 Å². The van der Waals surface area contributed by atoms with Gasteiger partial charge in [-0.1, -0.05) is 6.92 Å². The van der Waals surface area contributed by atoms with Gasteiger partial charge in [0.1, 0.15) is 12.6 Å². The molecule has 2 heteroatoms. The summed E-state index contributed by atoms with van der Waals surface area (Å²) in [5.74, 6) is 0.997. The molecule has 0 spiro atoms. The Morgan fingerprint density at radius 1 is 1.23 bits per heavy atom. The molecule has 0 saturated carbocycles. The molecule has 0 unspecified atom stereocenters. The molecule has 2 aliphatic rings. The van der Waals surface area contributed by atoms with E-state index in [4.69, 9.17) is 0 Å². The van der Waals surface area contributed by atoms with Crippen molar-refractivity contribution in [3.63, 3.8) is 0 Å². The van der Waals surface area contributed by atoms with Crippen molar-refractivity contribution >= 4 is 0 Å². The van der Waals surface area contributed by atoms with Gasteiger partial charge in [-0.05, 0) is 18.8 Å². The summed E-state index contributed by atoms with van der Waals surface area (Å²) >= 11 is 0. The molecule has 0 aromatic carbocycles. The van der Waals surface area contributed by atoms with Crippen molar-refractivity contribution < 1.29 is 10.2 Å². The number of hydrogen-bond donors (Lipinski definition) is 2. The second-order valence-electron chi connectivity index (χ2n) is 5.06. The zero-order valence-electron chi connectivity index (χ0n) is 8.89. The number of quaternary nitrogens is 2. The maximum atomic E-state index is 2.56. The highest BCUT2D eigenvalue weighted by Gasteiger charge is 2.26. The van der Waals surface area contributed by atoms with Crippen LogP contribution in [0.2, 0.25) is 0 Å². The van der Waals surface area contributed by atoms with Crippen molar-refractivity contribution in [1.82, 2.24) is 0 Å². The van der Waals surface area contributed by atoms with Crippen molar-refractivity contribution in [3.05, 3.63) is 0 Å². The highest BCUT2D eigenvalue weighted by molar-refractivity contribution is 4.60. The van der Waals surface area contributed by atoms with Crippen LogP contribution < -0.4 is 10.2 Å².